The summed E-state index contributed by atoms with van der Waals surface area (Å²) in [4.78, 5) is 6.31. The van der Waals surface area contributed by atoms with E-state index in [0.717, 1.165) is 11.3 Å². The van der Waals surface area contributed by atoms with Crippen LogP contribution in [0.3, 0.4) is 0 Å². The zero-order valence-corrected chi connectivity index (χ0v) is 9.23. The SMILES string of the molecule is [N-]=[N+]=Nc1nc2ccc(S(=O)(=O)O)cc2s1. The van der Waals surface area contributed by atoms with Crippen LogP contribution in [0.15, 0.2) is 28.2 Å². The van der Waals surface area contributed by atoms with Gasteiger partial charge >= 0.3 is 0 Å². The molecule has 1 heterocycles. The van der Waals surface area contributed by atoms with Crippen LogP contribution in [-0.4, -0.2) is 18.0 Å². The van der Waals surface area contributed by atoms with E-state index in [1.807, 2.05) is 0 Å². The van der Waals surface area contributed by atoms with E-state index in [2.05, 4.69) is 15.0 Å². The zero-order chi connectivity index (χ0) is 11.8. The minimum atomic E-state index is -4.22. The molecule has 1 aromatic heterocycles. The summed E-state index contributed by atoms with van der Waals surface area (Å²) in [6.45, 7) is 0. The van der Waals surface area contributed by atoms with Gasteiger partial charge in [0.15, 0.2) is 5.13 Å². The summed E-state index contributed by atoms with van der Waals surface area (Å²) in [5.74, 6) is 0. The Labute approximate surface area is 93.7 Å². The molecule has 2 aromatic rings. The van der Waals surface area contributed by atoms with Gasteiger partial charge in [0.2, 0.25) is 0 Å². The highest BCUT2D eigenvalue weighted by Gasteiger charge is 2.11. The Kier molecular flexibility index (Phi) is 2.52. The van der Waals surface area contributed by atoms with Crippen molar-refractivity contribution in [3.05, 3.63) is 28.6 Å². The molecular weight excluding hydrogens is 252 g/mol. The lowest BCUT2D eigenvalue weighted by atomic mass is 10.3. The van der Waals surface area contributed by atoms with Crippen molar-refractivity contribution in [2.75, 3.05) is 0 Å². The molecule has 9 heteroatoms. The van der Waals surface area contributed by atoms with Crippen LogP contribution >= 0.6 is 11.3 Å². The molecule has 1 aromatic carbocycles. The average molecular weight is 256 g/mol. The summed E-state index contributed by atoms with van der Waals surface area (Å²) >= 11 is 1.05. The van der Waals surface area contributed by atoms with Crippen molar-refractivity contribution in [1.29, 1.82) is 0 Å². The number of hydrogen-bond acceptors (Lipinski definition) is 5. The maximum Gasteiger partial charge on any atom is 0.294 e. The van der Waals surface area contributed by atoms with Gasteiger partial charge in [-0.2, -0.15) is 8.42 Å². The fraction of sp³-hybridized carbons (Fsp3) is 0. The topological polar surface area (TPSA) is 116 Å². The van der Waals surface area contributed by atoms with Gasteiger partial charge in [-0.1, -0.05) is 0 Å². The van der Waals surface area contributed by atoms with E-state index in [1.54, 1.807) is 0 Å². The van der Waals surface area contributed by atoms with Gasteiger partial charge < -0.3 is 0 Å². The number of aromatic nitrogens is 1. The standard InChI is InChI=1S/C7H4N4O3S2/c8-11-10-7-9-5-2-1-4(16(12,13)14)3-6(5)15-7/h1-3H,(H,12,13,14). The number of rotatable bonds is 2. The highest BCUT2D eigenvalue weighted by atomic mass is 32.2. The maximum atomic E-state index is 10.9. The van der Waals surface area contributed by atoms with Crippen LogP contribution in [0.25, 0.3) is 20.7 Å². The molecule has 1 N–H and O–H groups in total. The monoisotopic (exact) mass is 256 g/mol. The molecular formula is C7H4N4O3S2. The quantitative estimate of drug-likeness (QED) is 0.384. The van der Waals surface area contributed by atoms with Crippen LogP contribution in [0, 0.1) is 0 Å². The van der Waals surface area contributed by atoms with E-state index in [4.69, 9.17) is 10.1 Å². The van der Waals surface area contributed by atoms with E-state index in [0.29, 0.717) is 10.2 Å². The first-order valence-corrected chi connectivity index (χ1v) is 6.19. The lowest BCUT2D eigenvalue weighted by molar-refractivity contribution is 0.483. The zero-order valence-electron chi connectivity index (χ0n) is 7.60. The Balaban J connectivity index is 2.67. The minimum absolute atomic E-state index is 0.199. The highest BCUT2D eigenvalue weighted by Crippen LogP contribution is 2.29. The van der Waals surface area contributed by atoms with E-state index in [1.165, 1.54) is 18.2 Å². The summed E-state index contributed by atoms with van der Waals surface area (Å²) < 4.78 is 31.1. The lowest BCUT2D eigenvalue weighted by Gasteiger charge is -1.94. The van der Waals surface area contributed by atoms with Crippen molar-refractivity contribution >= 4 is 36.8 Å². The van der Waals surface area contributed by atoms with Crippen molar-refractivity contribution in [1.82, 2.24) is 4.98 Å². The molecule has 2 rings (SSSR count). The van der Waals surface area contributed by atoms with Crippen LogP contribution in [0.5, 0.6) is 0 Å². The number of hydrogen-bond donors (Lipinski definition) is 1. The van der Waals surface area contributed by atoms with Crippen molar-refractivity contribution in [3.63, 3.8) is 0 Å². The van der Waals surface area contributed by atoms with E-state index in [9.17, 15) is 8.42 Å². The van der Waals surface area contributed by atoms with Gasteiger partial charge in [0.05, 0.1) is 15.1 Å². The molecule has 7 nitrogen and oxygen atoms in total. The van der Waals surface area contributed by atoms with E-state index in [-0.39, 0.29) is 10.0 Å². The van der Waals surface area contributed by atoms with Crippen molar-refractivity contribution in [2.24, 2.45) is 5.11 Å². The summed E-state index contributed by atoms with van der Waals surface area (Å²) in [6.07, 6.45) is 0. The predicted molar refractivity (Wildman–Crippen MR) is 58.2 cm³/mol. The fourth-order valence-corrected chi connectivity index (χ4v) is 2.54. The third kappa shape index (κ3) is 1.97. The van der Waals surface area contributed by atoms with Crippen LogP contribution in [-0.2, 0) is 10.1 Å². The maximum absolute atomic E-state index is 10.9. The Hall–Kier alpha value is -1.67. The van der Waals surface area contributed by atoms with Crippen LogP contribution in [0.1, 0.15) is 0 Å². The minimum Gasteiger partial charge on any atom is -0.282 e. The second-order valence-electron chi connectivity index (χ2n) is 2.79. The third-order valence-corrected chi connectivity index (χ3v) is 3.53. The molecule has 82 valence electrons. The van der Waals surface area contributed by atoms with Gasteiger partial charge in [-0.3, -0.25) is 4.55 Å². The average Bonchev–Trinajstić information content (AvgIpc) is 2.57. The van der Waals surface area contributed by atoms with E-state index >= 15 is 0 Å². The largest absolute Gasteiger partial charge is 0.294 e. The number of fused-ring (bicyclic) bond motifs is 1. The number of thiazole rings is 1. The summed E-state index contributed by atoms with van der Waals surface area (Å²) in [7, 11) is -4.22. The molecule has 0 saturated carbocycles. The smallest absolute Gasteiger partial charge is 0.282 e. The van der Waals surface area contributed by atoms with Gasteiger partial charge in [0.1, 0.15) is 0 Å². The molecule has 0 spiro atoms. The Morgan fingerprint density at radius 3 is 2.88 bits per heavy atom. The Morgan fingerprint density at radius 1 is 1.50 bits per heavy atom. The molecule has 0 aliphatic heterocycles. The van der Waals surface area contributed by atoms with Gasteiger partial charge in [-0.05, 0) is 28.8 Å². The van der Waals surface area contributed by atoms with Crippen LogP contribution in [0.4, 0.5) is 5.13 Å². The molecule has 0 atom stereocenters. The van der Waals surface area contributed by atoms with Crippen molar-refractivity contribution < 1.29 is 13.0 Å². The van der Waals surface area contributed by atoms with Gasteiger partial charge in [-0.15, -0.1) is 11.3 Å². The fourth-order valence-electron chi connectivity index (χ4n) is 1.13. The molecule has 0 radical (unpaired) electrons. The molecule has 0 unspecified atom stereocenters. The second kappa shape index (κ2) is 3.72. The normalized spacial score (nSPS) is 11.3. The summed E-state index contributed by atoms with van der Waals surface area (Å²) in [5.41, 5.74) is 8.73. The predicted octanol–water partition coefficient (Wildman–Crippen LogP) is 2.48. The van der Waals surface area contributed by atoms with E-state index < -0.39 is 10.1 Å². The van der Waals surface area contributed by atoms with Crippen molar-refractivity contribution in [3.8, 4) is 0 Å². The molecule has 16 heavy (non-hydrogen) atoms. The molecule has 0 fully saturated rings. The first kappa shape index (κ1) is 10.8. The highest BCUT2D eigenvalue weighted by molar-refractivity contribution is 7.85. The number of azide groups is 1. The lowest BCUT2D eigenvalue weighted by Crippen LogP contribution is -1.96. The molecule has 0 amide bonds. The third-order valence-electron chi connectivity index (χ3n) is 1.78. The molecule has 0 aliphatic rings. The van der Waals surface area contributed by atoms with Gasteiger partial charge in [-0.25, -0.2) is 4.98 Å². The van der Waals surface area contributed by atoms with Crippen LogP contribution < -0.4 is 0 Å². The second-order valence-corrected chi connectivity index (χ2v) is 5.22. The number of nitrogens with zero attached hydrogens (tertiary/aromatic N) is 4. The molecule has 0 saturated heterocycles. The van der Waals surface area contributed by atoms with Gasteiger partial charge in [0, 0.05) is 4.91 Å². The van der Waals surface area contributed by atoms with Crippen molar-refractivity contribution in [2.45, 2.75) is 4.90 Å². The van der Waals surface area contributed by atoms with Gasteiger partial charge in [0.25, 0.3) is 10.1 Å². The summed E-state index contributed by atoms with van der Waals surface area (Å²) in [5, 5.41) is 3.51. The Bertz CT molecular complexity index is 699. The number of benzene rings is 1. The first-order chi connectivity index (χ1) is 7.50. The Morgan fingerprint density at radius 2 is 2.25 bits per heavy atom. The first-order valence-electron chi connectivity index (χ1n) is 3.94. The summed E-state index contributed by atoms with van der Waals surface area (Å²) in [6, 6.07) is 3.95. The van der Waals surface area contributed by atoms with Crippen LogP contribution in [0.2, 0.25) is 0 Å². The molecule has 0 bridgehead atoms. The molecule has 0 aliphatic carbocycles.